The molecule has 1 N–H and O–H groups in total. The largest absolute Gasteiger partial charge is 0.337 e. The van der Waals surface area contributed by atoms with E-state index in [1.54, 1.807) is 30.7 Å². The van der Waals surface area contributed by atoms with Gasteiger partial charge in [0.05, 0.1) is 17.6 Å². The van der Waals surface area contributed by atoms with Crippen LogP contribution in [0.1, 0.15) is 39.8 Å². The van der Waals surface area contributed by atoms with Gasteiger partial charge in [0.1, 0.15) is 21.4 Å². The molecule has 1 aromatic carbocycles. The Morgan fingerprint density at radius 1 is 1.22 bits per heavy atom. The van der Waals surface area contributed by atoms with Crippen LogP contribution in [0.15, 0.2) is 48.9 Å². The molecule has 1 aliphatic rings. The Labute approximate surface area is 188 Å². The van der Waals surface area contributed by atoms with Crippen LogP contribution in [-0.4, -0.2) is 49.0 Å². The number of benzene rings is 1. The van der Waals surface area contributed by atoms with Crippen molar-refractivity contribution in [2.75, 3.05) is 13.1 Å². The summed E-state index contributed by atoms with van der Waals surface area (Å²) in [6.45, 7) is 3.18. The number of halogens is 1. The van der Waals surface area contributed by atoms with Gasteiger partial charge >= 0.3 is 0 Å². The highest BCUT2D eigenvalue weighted by molar-refractivity contribution is 7.17. The van der Waals surface area contributed by atoms with Crippen molar-refractivity contribution in [1.82, 2.24) is 30.0 Å². The molecule has 1 atom stereocenters. The van der Waals surface area contributed by atoms with E-state index in [1.165, 1.54) is 23.5 Å². The first-order chi connectivity index (χ1) is 15.6. The molecule has 9 heteroatoms. The van der Waals surface area contributed by atoms with Gasteiger partial charge in [-0.05, 0) is 50.1 Å². The summed E-state index contributed by atoms with van der Waals surface area (Å²) in [7, 11) is 0. The molecule has 162 valence electrons. The van der Waals surface area contributed by atoms with Gasteiger partial charge in [-0.1, -0.05) is 0 Å². The number of nitrogens with one attached hydrogen (secondary N) is 1. The number of piperidine rings is 1. The number of nitrogens with zero attached hydrogens (tertiary/aromatic N) is 5. The lowest BCUT2D eigenvalue weighted by molar-refractivity contribution is 0.0710. The molecule has 1 saturated heterocycles. The van der Waals surface area contributed by atoms with Crippen molar-refractivity contribution in [3.05, 3.63) is 71.0 Å². The minimum atomic E-state index is -0.272. The number of hydrogen-bond acceptors (Lipinski definition) is 6. The van der Waals surface area contributed by atoms with E-state index in [-0.39, 0.29) is 17.6 Å². The van der Waals surface area contributed by atoms with Gasteiger partial charge in [0, 0.05) is 42.7 Å². The predicted octanol–water partition coefficient (Wildman–Crippen LogP) is 4.46. The van der Waals surface area contributed by atoms with Gasteiger partial charge in [-0.25, -0.2) is 9.37 Å². The van der Waals surface area contributed by atoms with Crippen molar-refractivity contribution in [3.63, 3.8) is 0 Å². The molecular weight excluding hydrogens is 427 g/mol. The number of thiazole rings is 1. The van der Waals surface area contributed by atoms with E-state index in [0.717, 1.165) is 29.8 Å². The number of aryl methyl sites for hydroxylation is 1. The van der Waals surface area contributed by atoms with Crippen LogP contribution >= 0.6 is 11.3 Å². The summed E-state index contributed by atoms with van der Waals surface area (Å²) in [6.07, 6.45) is 6.77. The minimum absolute atomic E-state index is 0.00175. The zero-order chi connectivity index (χ0) is 22.1. The number of aromatic amines is 1. The molecule has 1 fully saturated rings. The second-order valence-electron chi connectivity index (χ2n) is 7.83. The molecule has 3 aromatic heterocycles. The molecule has 0 saturated carbocycles. The number of amides is 1. The Kier molecular flexibility index (Phi) is 5.48. The molecule has 0 bridgehead atoms. The van der Waals surface area contributed by atoms with Crippen LogP contribution < -0.4 is 0 Å². The second kappa shape index (κ2) is 8.58. The topological polar surface area (TPSA) is 87.7 Å². The van der Waals surface area contributed by atoms with Crippen LogP contribution in [0, 0.1) is 12.7 Å². The van der Waals surface area contributed by atoms with Crippen molar-refractivity contribution < 1.29 is 9.18 Å². The number of likely N-dealkylation sites (tertiary alicyclic amines) is 1. The van der Waals surface area contributed by atoms with Gasteiger partial charge in [-0.2, -0.15) is 5.10 Å². The minimum Gasteiger partial charge on any atom is -0.337 e. The van der Waals surface area contributed by atoms with Gasteiger partial charge in [0.2, 0.25) is 0 Å². The molecule has 1 aliphatic heterocycles. The third kappa shape index (κ3) is 4.03. The average Bonchev–Trinajstić information content (AvgIpc) is 3.47. The number of carbonyl (C=O) groups is 1. The predicted molar refractivity (Wildman–Crippen MR) is 120 cm³/mol. The number of carbonyl (C=O) groups excluding carboxylic acids is 1. The molecule has 0 radical (unpaired) electrons. The molecule has 32 heavy (non-hydrogen) atoms. The van der Waals surface area contributed by atoms with E-state index < -0.39 is 0 Å². The standard InChI is InChI=1S/C23H21FN6OS/c1-14-21(32-22(27-14)20-12-25-8-9-26-20)23(31)30-10-2-3-16(13-30)19-11-18(28-29-19)15-4-6-17(24)7-5-15/h4-9,11-12,16H,2-3,10,13H2,1H3,(H,28,29)/t16-/m0/s1. The van der Waals surface area contributed by atoms with Crippen LogP contribution in [0.3, 0.4) is 0 Å². The van der Waals surface area contributed by atoms with Crippen LogP contribution in [0.25, 0.3) is 22.0 Å². The summed E-state index contributed by atoms with van der Waals surface area (Å²) in [4.78, 5) is 28.8. The number of H-pyrrole nitrogens is 1. The molecule has 4 aromatic rings. The van der Waals surface area contributed by atoms with E-state index >= 15 is 0 Å². The molecule has 0 unspecified atom stereocenters. The maximum atomic E-state index is 13.3. The van der Waals surface area contributed by atoms with Gasteiger partial charge in [0.25, 0.3) is 5.91 Å². The highest BCUT2D eigenvalue weighted by Crippen LogP contribution is 2.32. The van der Waals surface area contributed by atoms with E-state index in [9.17, 15) is 9.18 Å². The summed E-state index contributed by atoms with van der Waals surface area (Å²) in [6, 6.07) is 8.28. The fourth-order valence-electron chi connectivity index (χ4n) is 3.99. The van der Waals surface area contributed by atoms with Crippen LogP contribution in [0.2, 0.25) is 0 Å². The molecule has 0 spiro atoms. The van der Waals surface area contributed by atoms with Gasteiger partial charge in [-0.3, -0.25) is 19.9 Å². The van der Waals surface area contributed by atoms with Crippen LogP contribution in [-0.2, 0) is 0 Å². The highest BCUT2D eigenvalue weighted by Gasteiger charge is 2.29. The fourth-order valence-corrected chi connectivity index (χ4v) is 4.98. The summed E-state index contributed by atoms with van der Waals surface area (Å²) in [5, 5.41) is 8.22. The SMILES string of the molecule is Cc1nc(-c2cnccn2)sc1C(=O)N1CCC[C@H](c2cc(-c3ccc(F)cc3)n[nH]2)C1. The quantitative estimate of drug-likeness (QED) is 0.498. The Morgan fingerprint density at radius 3 is 2.84 bits per heavy atom. The van der Waals surface area contributed by atoms with Crippen LogP contribution in [0.5, 0.6) is 0 Å². The van der Waals surface area contributed by atoms with E-state index in [4.69, 9.17) is 0 Å². The monoisotopic (exact) mass is 448 g/mol. The van der Waals surface area contributed by atoms with Crippen molar-refractivity contribution in [2.24, 2.45) is 0 Å². The Bertz CT molecular complexity index is 1240. The lowest BCUT2D eigenvalue weighted by Crippen LogP contribution is -2.39. The van der Waals surface area contributed by atoms with Crippen molar-refractivity contribution >= 4 is 17.2 Å². The smallest absolute Gasteiger partial charge is 0.265 e. The lowest BCUT2D eigenvalue weighted by Gasteiger charge is -2.32. The van der Waals surface area contributed by atoms with Gasteiger partial charge < -0.3 is 4.90 Å². The summed E-state index contributed by atoms with van der Waals surface area (Å²) >= 11 is 1.36. The van der Waals surface area contributed by atoms with Gasteiger partial charge in [0.15, 0.2) is 0 Å². The summed E-state index contributed by atoms with van der Waals surface area (Å²) in [5.41, 5.74) is 4.00. The maximum absolute atomic E-state index is 13.3. The highest BCUT2D eigenvalue weighted by atomic mass is 32.1. The first-order valence-corrected chi connectivity index (χ1v) is 11.2. The van der Waals surface area contributed by atoms with E-state index in [2.05, 4.69) is 25.1 Å². The second-order valence-corrected chi connectivity index (χ2v) is 8.83. The fraction of sp³-hybridized carbons (Fsp3) is 0.261. The first kappa shape index (κ1) is 20.4. The van der Waals surface area contributed by atoms with E-state index in [0.29, 0.717) is 34.4 Å². The Hall–Kier alpha value is -3.46. The summed E-state index contributed by atoms with van der Waals surface area (Å²) < 4.78 is 13.2. The zero-order valence-electron chi connectivity index (χ0n) is 17.5. The van der Waals surface area contributed by atoms with Gasteiger partial charge in [-0.15, -0.1) is 11.3 Å². The van der Waals surface area contributed by atoms with E-state index in [1.807, 2.05) is 17.9 Å². The normalized spacial score (nSPS) is 16.3. The number of hydrogen-bond donors (Lipinski definition) is 1. The zero-order valence-corrected chi connectivity index (χ0v) is 18.3. The average molecular weight is 449 g/mol. The Morgan fingerprint density at radius 2 is 2.06 bits per heavy atom. The third-order valence-corrected chi connectivity index (χ3v) is 6.83. The first-order valence-electron chi connectivity index (χ1n) is 10.4. The number of aromatic nitrogens is 5. The molecule has 1 amide bonds. The van der Waals surface area contributed by atoms with Crippen molar-refractivity contribution in [2.45, 2.75) is 25.7 Å². The molecule has 7 nitrogen and oxygen atoms in total. The summed E-state index contributed by atoms with van der Waals surface area (Å²) in [5.74, 6) is -0.105. The molecule has 0 aliphatic carbocycles. The molecule has 5 rings (SSSR count). The van der Waals surface area contributed by atoms with Crippen LogP contribution in [0.4, 0.5) is 4.39 Å². The third-order valence-electron chi connectivity index (χ3n) is 5.66. The molecule has 4 heterocycles. The maximum Gasteiger partial charge on any atom is 0.265 e. The molecular formula is C23H21FN6OS. The van der Waals surface area contributed by atoms with Crippen molar-refractivity contribution in [3.8, 4) is 22.0 Å². The Balaban J connectivity index is 1.33. The lowest BCUT2D eigenvalue weighted by atomic mass is 9.94. The number of rotatable bonds is 4. The van der Waals surface area contributed by atoms with Crippen molar-refractivity contribution in [1.29, 1.82) is 0 Å².